The molecule has 4 nitrogen and oxygen atoms in total. The molecule has 0 aliphatic carbocycles. The highest BCUT2D eigenvalue weighted by Crippen LogP contribution is 2.43. The first-order chi connectivity index (χ1) is 10.2. The number of thioether (sulfide) groups is 1. The highest BCUT2D eigenvalue weighted by Gasteiger charge is 2.34. The van der Waals surface area contributed by atoms with Crippen LogP contribution < -0.4 is 5.73 Å². The minimum Gasteiger partial charge on any atom is -0.383 e. The monoisotopic (exact) mass is 430 g/mol. The molecule has 2 rings (SSSR count). The van der Waals surface area contributed by atoms with E-state index in [2.05, 4.69) is 21.0 Å². The minimum absolute atomic E-state index is 0.0840. The van der Waals surface area contributed by atoms with Crippen LogP contribution in [0.1, 0.15) is 5.69 Å². The van der Waals surface area contributed by atoms with Gasteiger partial charge in [0.1, 0.15) is 17.6 Å². The molecule has 1 aromatic carbocycles. The second kappa shape index (κ2) is 6.20. The average Bonchev–Trinajstić information content (AvgIpc) is 2.71. The number of nitrogens with zero attached hydrogens (tertiary/aromatic N) is 3. The van der Waals surface area contributed by atoms with E-state index in [0.717, 1.165) is 4.68 Å². The maximum absolute atomic E-state index is 12.6. The molecule has 1 heterocycles. The smallest absolute Gasteiger partial charge is 0.383 e. The van der Waals surface area contributed by atoms with E-state index in [4.69, 9.17) is 34.2 Å². The largest absolute Gasteiger partial charge is 0.446 e. The van der Waals surface area contributed by atoms with Crippen molar-refractivity contribution in [2.45, 2.75) is 10.4 Å². The van der Waals surface area contributed by atoms with Crippen molar-refractivity contribution in [1.29, 1.82) is 5.26 Å². The number of nitrogens with two attached hydrogens (primary N) is 1. The summed E-state index contributed by atoms with van der Waals surface area (Å²) in [5.41, 5.74) is 0.708. The molecule has 0 radical (unpaired) electrons. The Morgan fingerprint density at radius 1 is 1.36 bits per heavy atom. The molecule has 0 atom stereocenters. The Bertz CT molecular complexity index is 785. The first kappa shape index (κ1) is 17.3. The fourth-order valence-corrected chi connectivity index (χ4v) is 3.04. The number of nitrogen functional groups attached to an aromatic ring is 1. The SMILES string of the molecule is N#Cc1nn(-c2c(Cl)ccc(Br)c2Cl)c(N)c1SC(F)(F)F. The fraction of sp³-hybridized carbons (Fsp3) is 0.0909. The number of anilines is 1. The molecular weight excluding hydrogens is 428 g/mol. The average molecular weight is 432 g/mol. The van der Waals surface area contributed by atoms with Crippen molar-refractivity contribution in [2.24, 2.45) is 0 Å². The molecule has 116 valence electrons. The van der Waals surface area contributed by atoms with Gasteiger partial charge in [-0.1, -0.05) is 23.2 Å². The van der Waals surface area contributed by atoms with E-state index < -0.39 is 27.9 Å². The van der Waals surface area contributed by atoms with Crippen molar-refractivity contribution in [3.05, 3.63) is 32.3 Å². The summed E-state index contributed by atoms with van der Waals surface area (Å²) in [6, 6.07) is 4.60. The Hall–Kier alpha value is -1.08. The normalized spacial score (nSPS) is 11.5. The summed E-state index contributed by atoms with van der Waals surface area (Å²) in [5.74, 6) is -0.374. The van der Waals surface area contributed by atoms with Crippen molar-refractivity contribution in [3.63, 3.8) is 0 Å². The van der Waals surface area contributed by atoms with Crippen LogP contribution in [0, 0.1) is 11.3 Å². The number of alkyl halides is 3. The molecule has 11 heteroatoms. The summed E-state index contributed by atoms with van der Waals surface area (Å²) in [4.78, 5) is -0.498. The molecule has 22 heavy (non-hydrogen) atoms. The van der Waals surface area contributed by atoms with Gasteiger partial charge in [0, 0.05) is 4.47 Å². The Morgan fingerprint density at radius 2 is 2.00 bits per heavy atom. The third-order valence-electron chi connectivity index (χ3n) is 2.43. The van der Waals surface area contributed by atoms with Gasteiger partial charge >= 0.3 is 5.51 Å². The van der Waals surface area contributed by atoms with Crippen LogP contribution in [0.4, 0.5) is 19.0 Å². The molecule has 0 unspecified atom stereocenters. The molecule has 0 saturated heterocycles. The lowest BCUT2D eigenvalue weighted by Crippen LogP contribution is -2.05. The summed E-state index contributed by atoms with van der Waals surface area (Å²) in [6.07, 6.45) is 0. The van der Waals surface area contributed by atoms with Crippen LogP contribution in [0.3, 0.4) is 0 Å². The van der Waals surface area contributed by atoms with Gasteiger partial charge in [-0.15, -0.1) is 0 Å². The molecule has 1 aromatic heterocycles. The topological polar surface area (TPSA) is 67.6 Å². The van der Waals surface area contributed by atoms with Crippen LogP contribution >= 0.6 is 50.9 Å². The summed E-state index contributed by atoms with van der Waals surface area (Å²) in [7, 11) is 0. The zero-order valence-corrected chi connectivity index (χ0v) is 14.2. The van der Waals surface area contributed by atoms with E-state index in [9.17, 15) is 13.2 Å². The van der Waals surface area contributed by atoms with Gasteiger partial charge in [0.2, 0.25) is 0 Å². The molecule has 0 aliphatic rings. The highest BCUT2D eigenvalue weighted by molar-refractivity contribution is 9.10. The summed E-state index contributed by atoms with van der Waals surface area (Å²) < 4.78 is 39.1. The summed E-state index contributed by atoms with van der Waals surface area (Å²) in [6.45, 7) is 0. The van der Waals surface area contributed by atoms with Crippen molar-refractivity contribution in [3.8, 4) is 11.8 Å². The Labute approximate surface area is 145 Å². The first-order valence-corrected chi connectivity index (χ1v) is 7.70. The van der Waals surface area contributed by atoms with Gasteiger partial charge in [0.05, 0.1) is 14.9 Å². The third kappa shape index (κ3) is 3.30. The Balaban J connectivity index is 2.70. The lowest BCUT2D eigenvalue weighted by molar-refractivity contribution is -0.0328. The van der Waals surface area contributed by atoms with Crippen molar-refractivity contribution < 1.29 is 13.2 Å². The molecule has 0 spiro atoms. The molecule has 0 aliphatic heterocycles. The van der Waals surface area contributed by atoms with Gasteiger partial charge in [-0.2, -0.15) is 23.5 Å². The van der Waals surface area contributed by atoms with Crippen LogP contribution in [-0.2, 0) is 0 Å². The van der Waals surface area contributed by atoms with Gasteiger partial charge in [-0.25, -0.2) is 4.68 Å². The quantitative estimate of drug-likeness (QED) is 0.536. The highest BCUT2D eigenvalue weighted by atomic mass is 79.9. The first-order valence-electron chi connectivity index (χ1n) is 5.34. The lowest BCUT2D eigenvalue weighted by atomic mass is 10.3. The number of hydrogen-bond acceptors (Lipinski definition) is 4. The zero-order valence-electron chi connectivity index (χ0n) is 10.2. The van der Waals surface area contributed by atoms with Gasteiger partial charge in [0.25, 0.3) is 0 Å². The second-order valence-electron chi connectivity index (χ2n) is 3.83. The predicted molar refractivity (Wildman–Crippen MR) is 82.3 cm³/mol. The van der Waals surface area contributed by atoms with E-state index >= 15 is 0 Å². The molecule has 0 fully saturated rings. The standard InChI is InChI=1S/C11H4BrCl2F3N4S/c12-4-1-2-5(13)8(7(4)14)21-10(19)9(6(3-18)20-21)22-11(15,16)17/h1-2H,19H2. The number of rotatable bonds is 2. The van der Waals surface area contributed by atoms with E-state index in [1.807, 2.05) is 0 Å². The third-order valence-corrected chi connectivity index (χ3v) is 4.85. The van der Waals surface area contributed by atoms with Crippen LogP contribution in [0.2, 0.25) is 10.0 Å². The maximum Gasteiger partial charge on any atom is 0.446 e. The second-order valence-corrected chi connectivity index (χ2v) is 6.54. The Kier molecular flexibility index (Phi) is 4.87. The number of benzene rings is 1. The molecule has 2 N–H and O–H groups in total. The van der Waals surface area contributed by atoms with E-state index in [1.165, 1.54) is 6.07 Å². The molecule has 0 bridgehead atoms. The van der Waals surface area contributed by atoms with E-state index in [1.54, 1.807) is 12.1 Å². The number of hydrogen-bond donors (Lipinski definition) is 1. The molecule has 0 saturated carbocycles. The van der Waals surface area contributed by atoms with Crippen LogP contribution in [-0.4, -0.2) is 15.3 Å². The van der Waals surface area contributed by atoms with Crippen molar-refractivity contribution >= 4 is 56.7 Å². The summed E-state index contributed by atoms with van der Waals surface area (Å²) in [5, 5.41) is 12.9. The van der Waals surface area contributed by atoms with Crippen molar-refractivity contribution in [2.75, 3.05) is 5.73 Å². The Morgan fingerprint density at radius 3 is 2.55 bits per heavy atom. The van der Waals surface area contributed by atoms with Gasteiger partial charge < -0.3 is 5.73 Å². The predicted octanol–water partition coefficient (Wildman–Crippen LogP) is 5.01. The van der Waals surface area contributed by atoms with E-state index in [-0.39, 0.29) is 21.6 Å². The van der Waals surface area contributed by atoms with Crippen LogP contribution in [0.15, 0.2) is 21.5 Å². The number of halogens is 6. The van der Waals surface area contributed by atoms with E-state index in [0.29, 0.717) is 4.47 Å². The molecular formula is C11H4BrCl2F3N4S. The minimum atomic E-state index is -4.61. The van der Waals surface area contributed by atoms with Gasteiger partial charge in [0.15, 0.2) is 5.69 Å². The van der Waals surface area contributed by atoms with Crippen LogP contribution in [0.25, 0.3) is 5.69 Å². The van der Waals surface area contributed by atoms with Gasteiger partial charge in [-0.05, 0) is 39.8 Å². The lowest BCUT2D eigenvalue weighted by Gasteiger charge is -2.10. The summed E-state index contributed by atoms with van der Waals surface area (Å²) >= 11 is 14.7. The maximum atomic E-state index is 12.6. The van der Waals surface area contributed by atoms with Crippen molar-refractivity contribution in [1.82, 2.24) is 9.78 Å². The fourth-order valence-electron chi connectivity index (χ4n) is 1.59. The van der Waals surface area contributed by atoms with Crippen LogP contribution in [0.5, 0.6) is 0 Å². The molecule has 0 amide bonds. The number of aromatic nitrogens is 2. The van der Waals surface area contributed by atoms with Gasteiger partial charge in [-0.3, -0.25) is 0 Å². The molecule has 2 aromatic rings. The number of nitriles is 1. The zero-order chi connectivity index (χ0) is 16.7.